The summed E-state index contributed by atoms with van der Waals surface area (Å²) in [6.07, 6.45) is 3.70. The molecule has 0 spiro atoms. The van der Waals surface area contributed by atoms with Gasteiger partial charge in [0.05, 0.1) is 24.4 Å². The second-order valence-corrected chi connectivity index (χ2v) is 6.09. The molecule has 2 N–H and O–H groups in total. The number of nitrogens with zero attached hydrogens (tertiary/aromatic N) is 4. The Morgan fingerprint density at radius 3 is 3.07 bits per heavy atom. The van der Waals surface area contributed by atoms with Crippen molar-refractivity contribution in [3.05, 3.63) is 53.9 Å². The third-order valence-electron chi connectivity index (χ3n) is 4.25. The van der Waals surface area contributed by atoms with Crippen molar-refractivity contribution in [2.75, 3.05) is 26.3 Å². The van der Waals surface area contributed by atoms with Crippen LogP contribution in [0, 0.1) is 0 Å². The van der Waals surface area contributed by atoms with E-state index in [9.17, 15) is 4.79 Å². The molecule has 2 aliphatic heterocycles. The normalized spacial score (nSPS) is 14.8. The third-order valence-corrected chi connectivity index (χ3v) is 4.25. The molecule has 4 rings (SSSR count). The van der Waals surface area contributed by atoms with Crippen LogP contribution in [-0.2, 0) is 0 Å². The Morgan fingerprint density at radius 1 is 1.33 bits per heavy atom. The van der Waals surface area contributed by atoms with Crippen molar-refractivity contribution in [1.82, 2.24) is 15.2 Å². The number of hydrogen-bond donors (Lipinski definition) is 2. The van der Waals surface area contributed by atoms with E-state index in [1.807, 2.05) is 23.1 Å². The lowest BCUT2D eigenvalue weighted by Crippen LogP contribution is -2.47. The van der Waals surface area contributed by atoms with E-state index < -0.39 is 0 Å². The van der Waals surface area contributed by atoms with E-state index >= 15 is 0 Å². The Labute approximate surface area is 156 Å². The summed E-state index contributed by atoms with van der Waals surface area (Å²) in [7, 11) is 0. The number of nitrogens with one attached hydrogen (secondary N) is 1. The highest BCUT2D eigenvalue weighted by molar-refractivity contribution is 6.19. The lowest BCUT2D eigenvalue weighted by Gasteiger charge is -2.27. The summed E-state index contributed by atoms with van der Waals surface area (Å²) in [6, 6.07) is 9.02. The monoisotopic (exact) mass is 365 g/mol. The number of benzene rings is 1. The minimum atomic E-state index is -0.271. The summed E-state index contributed by atoms with van der Waals surface area (Å²) in [6.45, 7) is 1.82. The molecule has 0 fully saturated rings. The van der Waals surface area contributed by atoms with Gasteiger partial charge in [-0.1, -0.05) is 0 Å². The predicted octanol–water partition coefficient (Wildman–Crippen LogP) is 1.34. The molecule has 8 heteroatoms. The highest BCUT2D eigenvalue weighted by Gasteiger charge is 2.30. The fourth-order valence-corrected chi connectivity index (χ4v) is 2.96. The van der Waals surface area contributed by atoms with E-state index in [0.29, 0.717) is 49.1 Å². The van der Waals surface area contributed by atoms with Crippen molar-refractivity contribution in [3.8, 4) is 5.75 Å². The summed E-state index contributed by atoms with van der Waals surface area (Å²) >= 11 is 0. The zero-order valence-electron chi connectivity index (χ0n) is 14.6. The molecule has 0 radical (unpaired) electrons. The third kappa shape index (κ3) is 3.52. The molecule has 0 aliphatic carbocycles. The van der Waals surface area contributed by atoms with Crippen LogP contribution in [0.15, 0.2) is 52.7 Å². The number of amidine groups is 1. The van der Waals surface area contributed by atoms with Crippen molar-refractivity contribution in [2.24, 2.45) is 9.98 Å². The summed E-state index contributed by atoms with van der Waals surface area (Å²) in [5.41, 5.74) is 2.06. The molecule has 1 amide bonds. The van der Waals surface area contributed by atoms with Gasteiger partial charge < -0.3 is 9.84 Å². The lowest BCUT2D eigenvalue weighted by molar-refractivity contribution is 0.0973. The van der Waals surface area contributed by atoms with Crippen LogP contribution in [0.25, 0.3) is 0 Å². The lowest BCUT2D eigenvalue weighted by atomic mass is 10.1. The van der Waals surface area contributed by atoms with Gasteiger partial charge in [0.25, 0.3) is 5.91 Å². The van der Waals surface area contributed by atoms with Crippen LogP contribution in [0.1, 0.15) is 22.3 Å². The number of carbonyl (C=O) groups excluding carboxylic acids is 1. The molecule has 1 aromatic heterocycles. The van der Waals surface area contributed by atoms with Gasteiger partial charge in [0.15, 0.2) is 0 Å². The second-order valence-electron chi connectivity index (χ2n) is 6.09. The number of aliphatic hydroxyl groups is 1. The van der Waals surface area contributed by atoms with E-state index in [4.69, 9.17) is 9.84 Å². The van der Waals surface area contributed by atoms with Gasteiger partial charge in [-0.15, -0.1) is 0 Å². The standard InChI is InChI=1S/C19H19N5O3/c25-9-2-10-27-14-4-5-15-16(11-14)22-19(24-8-7-21-17(15)24)23-18(26)13-3-1-6-20-12-13/h1,3-6,11-12,25H,2,7-10H2,(H,22,23,26). The molecule has 0 atom stereocenters. The maximum absolute atomic E-state index is 12.5. The Bertz CT molecular complexity index is 911. The van der Waals surface area contributed by atoms with Gasteiger partial charge in [0, 0.05) is 43.6 Å². The Hall–Kier alpha value is -3.26. The second kappa shape index (κ2) is 7.55. The minimum absolute atomic E-state index is 0.0827. The number of guanidine groups is 1. The maximum atomic E-state index is 12.5. The Balaban J connectivity index is 1.62. The number of ether oxygens (including phenoxy) is 1. The molecule has 2 aliphatic rings. The van der Waals surface area contributed by atoms with Crippen LogP contribution >= 0.6 is 0 Å². The first-order valence-electron chi connectivity index (χ1n) is 8.76. The summed E-state index contributed by atoms with van der Waals surface area (Å²) in [5, 5.41) is 11.7. The molecular weight excluding hydrogens is 346 g/mol. The number of aliphatic imine (C=N–C) groups is 2. The fraction of sp³-hybridized carbons (Fsp3) is 0.263. The molecule has 0 saturated heterocycles. The van der Waals surface area contributed by atoms with Crippen molar-refractivity contribution in [2.45, 2.75) is 6.42 Å². The number of rotatable bonds is 5. The number of pyridine rings is 1. The first kappa shape index (κ1) is 17.2. The first-order valence-corrected chi connectivity index (χ1v) is 8.76. The highest BCUT2D eigenvalue weighted by atomic mass is 16.5. The highest BCUT2D eigenvalue weighted by Crippen LogP contribution is 2.31. The molecule has 0 bridgehead atoms. The molecule has 3 heterocycles. The molecule has 27 heavy (non-hydrogen) atoms. The average molecular weight is 365 g/mol. The topological polar surface area (TPSA) is 99.4 Å². The van der Waals surface area contributed by atoms with Gasteiger partial charge in [0.1, 0.15) is 11.6 Å². The van der Waals surface area contributed by atoms with Crippen LogP contribution < -0.4 is 10.1 Å². The number of carbonyl (C=O) groups is 1. The predicted molar refractivity (Wildman–Crippen MR) is 101 cm³/mol. The number of aromatic nitrogens is 1. The molecule has 138 valence electrons. The van der Waals surface area contributed by atoms with Gasteiger partial charge in [-0.25, -0.2) is 4.99 Å². The Morgan fingerprint density at radius 2 is 2.26 bits per heavy atom. The van der Waals surface area contributed by atoms with Gasteiger partial charge in [0.2, 0.25) is 5.96 Å². The summed E-state index contributed by atoms with van der Waals surface area (Å²) < 4.78 is 5.63. The van der Waals surface area contributed by atoms with Gasteiger partial charge in [-0.3, -0.25) is 25.0 Å². The van der Waals surface area contributed by atoms with Crippen LogP contribution in [-0.4, -0.2) is 59.0 Å². The molecular formula is C19H19N5O3. The number of fused-ring (bicyclic) bond motifs is 3. The molecule has 1 aromatic carbocycles. The van der Waals surface area contributed by atoms with E-state index in [-0.39, 0.29) is 12.5 Å². The molecule has 0 saturated carbocycles. The SMILES string of the molecule is O=C(NC1=Nc2cc(OCCCO)ccc2C2=NCCN12)c1cccnc1. The van der Waals surface area contributed by atoms with E-state index in [0.717, 1.165) is 11.4 Å². The quantitative estimate of drug-likeness (QED) is 0.779. The largest absolute Gasteiger partial charge is 0.493 e. The van der Waals surface area contributed by atoms with Gasteiger partial charge in [-0.2, -0.15) is 0 Å². The maximum Gasteiger partial charge on any atom is 0.259 e. The minimum Gasteiger partial charge on any atom is -0.493 e. The van der Waals surface area contributed by atoms with E-state index in [1.54, 1.807) is 18.3 Å². The van der Waals surface area contributed by atoms with Crippen LogP contribution in [0.3, 0.4) is 0 Å². The zero-order chi connectivity index (χ0) is 18.6. The van der Waals surface area contributed by atoms with Gasteiger partial charge in [-0.05, 0) is 24.3 Å². The zero-order valence-corrected chi connectivity index (χ0v) is 14.6. The van der Waals surface area contributed by atoms with Crippen molar-refractivity contribution in [3.63, 3.8) is 0 Å². The average Bonchev–Trinajstić information content (AvgIpc) is 3.19. The van der Waals surface area contributed by atoms with Crippen molar-refractivity contribution < 1.29 is 14.6 Å². The fourth-order valence-electron chi connectivity index (χ4n) is 2.96. The smallest absolute Gasteiger partial charge is 0.259 e. The molecule has 0 unspecified atom stereocenters. The van der Waals surface area contributed by atoms with Crippen molar-refractivity contribution >= 4 is 23.4 Å². The molecule has 8 nitrogen and oxygen atoms in total. The van der Waals surface area contributed by atoms with E-state index in [1.165, 1.54) is 6.20 Å². The van der Waals surface area contributed by atoms with E-state index in [2.05, 4.69) is 20.3 Å². The molecule has 2 aromatic rings. The first-order chi connectivity index (χ1) is 13.3. The van der Waals surface area contributed by atoms with Gasteiger partial charge >= 0.3 is 0 Å². The van der Waals surface area contributed by atoms with Crippen LogP contribution in [0.2, 0.25) is 0 Å². The number of hydrogen-bond acceptors (Lipinski definition) is 7. The van der Waals surface area contributed by atoms with Crippen molar-refractivity contribution in [1.29, 1.82) is 0 Å². The number of aliphatic hydroxyl groups excluding tert-OH is 1. The number of amides is 1. The van der Waals surface area contributed by atoms with Crippen LogP contribution in [0.4, 0.5) is 5.69 Å². The summed E-state index contributed by atoms with van der Waals surface area (Å²) in [5.74, 6) is 1.63. The van der Waals surface area contributed by atoms with Crippen LogP contribution in [0.5, 0.6) is 5.75 Å². The Kier molecular flexibility index (Phi) is 4.80. The summed E-state index contributed by atoms with van der Waals surface area (Å²) in [4.78, 5) is 27.6.